The van der Waals surface area contributed by atoms with E-state index in [1.54, 1.807) is 30.3 Å². The van der Waals surface area contributed by atoms with E-state index in [-0.39, 0.29) is 16.5 Å². The first-order valence-corrected chi connectivity index (χ1v) is 13.7. The van der Waals surface area contributed by atoms with Crippen molar-refractivity contribution in [2.45, 2.75) is 23.1 Å². The number of ether oxygens (including phenoxy) is 2. The number of hydrogen-bond acceptors (Lipinski definition) is 10. The van der Waals surface area contributed by atoms with E-state index in [1.807, 2.05) is 19.1 Å². The number of anilines is 1. The van der Waals surface area contributed by atoms with Crippen LogP contribution < -0.4 is 14.4 Å². The lowest BCUT2D eigenvalue weighted by Gasteiger charge is -2.23. The summed E-state index contributed by atoms with van der Waals surface area (Å²) in [6.07, 6.45) is 3.00. The van der Waals surface area contributed by atoms with Gasteiger partial charge in [0.1, 0.15) is 5.76 Å². The number of Topliss-reactive ketones (excluding diaryl/α,β-unsaturated/α-hetero) is 1. The summed E-state index contributed by atoms with van der Waals surface area (Å²) < 4.78 is 11.5. The minimum atomic E-state index is -0.971. The fourth-order valence-electron chi connectivity index (χ4n) is 4.22. The van der Waals surface area contributed by atoms with E-state index < -0.39 is 17.7 Å². The zero-order valence-corrected chi connectivity index (χ0v) is 23.0. The fraction of sp³-hybridized carbons (Fsp3) is 0.179. The van der Waals surface area contributed by atoms with E-state index in [4.69, 9.17) is 9.47 Å². The van der Waals surface area contributed by atoms with Gasteiger partial charge in [-0.1, -0.05) is 59.0 Å². The average molecular weight is 561 g/mol. The highest BCUT2D eigenvalue weighted by Crippen LogP contribution is 2.45. The standard InChI is InChI=1S/C28H24N4O5S2/c1-16-4-6-17(7-5-16)15-38-28-31-30-27(39-28)32-23(19-8-9-20(36-2)21(14-19)37-3)22(25(34)26(32)35)24(33)18-10-12-29-13-11-18/h4-14,23,33H,15H2,1-3H3. The molecule has 1 unspecified atom stereocenters. The van der Waals surface area contributed by atoms with E-state index in [1.165, 1.54) is 60.2 Å². The van der Waals surface area contributed by atoms with Gasteiger partial charge < -0.3 is 14.6 Å². The molecular formula is C28H24N4O5S2. The Kier molecular flexibility index (Phi) is 7.62. The van der Waals surface area contributed by atoms with Crippen LogP contribution in [0.15, 0.2) is 76.9 Å². The Morgan fingerprint density at radius 2 is 1.72 bits per heavy atom. The lowest BCUT2D eigenvalue weighted by Crippen LogP contribution is -2.29. The molecule has 0 aliphatic carbocycles. The molecule has 3 heterocycles. The van der Waals surface area contributed by atoms with Crippen LogP contribution in [0, 0.1) is 6.92 Å². The van der Waals surface area contributed by atoms with Crippen LogP contribution in [0.5, 0.6) is 11.5 Å². The van der Waals surface area contributed by atoms with Crippen LogP contribution in [0.25, 0.3) is 5.76 Å². The van der Waals surface area contributed by atoms with Crippen molar-refractivity contribution in [3.63, 3.8) is 0 Å². The van der Waals surface area contributed by atoms with Crippen molar-refractivity contribution in [2.75, 3.05) is 19.1 Å². The highest BCUT2D eigenvalue weighted by atomic mass is 32.2. The third-order valence-electron chi connectivity index (χ3n) is 6.21. The number of rotatable bonds is 8. The monoisotopic (exact) mass is 560 g/mol. The normalized spacial score (nSPS) is 16.5. The Balaban J connectivity index is 1.56. The van der Waals surface area contributed by atoms with Crippen molar-refractivity contribution in [3.05, 3.63) is 94.8 Å². The third kappa shape index (κ3) is 5.23. The molecule has 9 nitrogen and oxygen atoms in total. The summed E-state index contributed by atoms with van der Waals surface area (Å²) in [5, 5.41) is 20.0. The number of methoxy groups -OCH3 is 2. The second-order valence-electron chi connectivity index (χ2n) is 8.64. The lowest BCUT2D eigenvalue weighted by molar-refractivity contribution is -0.132. The van der Waals surface area contributed by atoms with Crippen LogP contribution in [0.4, 0.5) is 5.13 Å². The number of hydrogen-bond donors (Lipinski definition) is 1. The molecule has 11 heteroatoms. The Morgan fingerprint density at radius 3 is 2.41 bits per heavy atom. The number of carbonyl (C=O) groups excluding carboxylic acids is 2. The number of nitrogens with zero attached hydrogens (tertiary/aromatic N) is 4. The number of benzene rings is 2. The van der Waals surface area contributed by atoms with Gasteiger partial charge in [0, 0.05) is 23.7 Å². The maximum Gasteiger partial charge on any atom is 0.301 e. The molecule has 5 rings (SSSR count). The number of thioether (sulfide) groups is 1. The first kappa shape index (κ1) is 26.4. The molecule has 0 bridgehead atoms. The second-order valence-corrected chi connectivity index (χ2v) is 10.8. The van der Waals surface area contributed by atoms with Crippen LogP contribution in [0.2, 0.25) is 0 Å². The minimum Gasteiger partial charge on any atom is -0.507 e. The van der Waals surface area contributed by atoms with E-state index in [2.05, 4.69) is 27.3 Å². The van der Waals surface area contributed by atoms with E-state index in [0.717, 1.165) is 5.56 Å². The number of aryl methyl sites for hydroxylation is 1. The summed E-state index contributed by atoms with van der Waals surface area (Å²) in [6, 6.07) is 15.5. The van der Waals surface area contributed by atoms with E-state index >= 15 is 0 Å². The molecule has 0 saturated carbocycles. The highest BCUT2D eigenvalue weighted by molar-refractivity contribution is 8.00. The number of ketones is 1. The van der Waals surface area contributed by atoms with Crippen molar-refractivity contribution < 1.29 is 24.2 Å². The third-order valence-corrected chi connectivity index (χ3v) is 8.33. The molecule has 39 heavy (non-hydrogen) atoms. The summed E-state index contributed by atoms with van der Waals surface area (Å²) in [7, 11) is 3.02. The van der Waals surface area contributed by atoms with Gasteiger partial charge in [0.05, 0.1) is 25.8 Å². The molecule has 4 aromatic rings. The van der Waals surface area contributed by atoms with Gasteiger partial charge in [-0.15, -0.1) is 10.2 Å². The van der Waals surface area contributed by atoms with E-state index in [0.29, 0.717) is 32.7 Å². The zero-order valence-electron chi connectivity index (χ0n) is 21.3. The predicted molar refractivity (Wildman–Crippen MR) is 149 cm³/mol. The van der Waals surface area contributed by atoms with Gasteiger partial charge in [0.15, 0.2) is 15.8 Å². The van der Waals surface area contributed by atoms with Crippen LogP contribution in [0.1, 0.15) is 28.3 Å². The molecule has 1 aliphatic heterocycles. The first-order chi connectivity index (χ1) is 18.9. The van der Waals surface area contributed by atoms with Crippen molar-refractivity contribution in [3.8, 4) is 11.5 Å². The number of amides is 1. The van der Waals surface area contributed by atoms with Gasteiger partial charge in [0.25, 0.3) is 5.78 Å². The van der Waals surface area contributed by atoms with Gasteiger partial charge in [-0.2, -0.15) is 0 Å². The minimum absolute atomic E-state index is 0.0671. The molecule has 0 spiro atoms. The summed E-state index contributed by atoms with van der Waals surface area (Å²) in [6.45, 7) is 2.03. The Labute approximate surface area is 233 Å². The van der Waals surface area contributed by atoms with Gasteiger partial charge >= 0.3 is 5.91 Å². The maximum absolute atomic E-state index is 13.4. The fourth-order valence-corrected chi connectivity index (χ4v) is 6.04. The predicted octanol–water partition coefficient (Wildman–Crippen LogP) is 5.18. The molecule has 1 saturated heterocycles. The molecule has 1 amide bonds. The molecule has 1 atom stereocenters. The summed E-state index contributed by atoms with van der Waals surface area (Å²) in [5.41, 5.74) is 3.14. The van der Waals surface area contributed by atoms with Crippen LogP contribution in [-0.2, 0) is 15.3 Å². The second kappa shape index (κ2) is 11.3. The summed E-state index contributed by atoms with van der Waals surface area (Å²) >= 11 is 2.70. The van der Waals surface area contributed by atoms with Crippen LogP contribution in [0.3, 0.4) is 0 Å². The van der Waals surface area contributed by atoms with Gasteiger partial charge in [0.2, 0.25) is 5.13 Å². The van der Waals surface area contributed by atoms with Crippen molar-refractivity contribution in [2.24, 2.45) is 0 Å². The largest absolute Gasteiger partial charge is 0.507 e. The average Bonchev–Trinajstić information content (AvgIpc) is 3.54. The Bertz CT molecular complexity index is 1550. The molecule has 2 aromatic heterocycles. The molecule has 1 aliphatic rings. The summed E-state index contributed by atoms with van der Waals surface area (Å²) in [5.74, 6) is -0.370. The molecule has 198 valence electrons. The maximum atomic E-state index is 13.4. The number of aliphatic hydroxyl groups is 1. The molecular weight excluding hydrogens is 536 g/mol. The van der Waals surface area contributed by atoms with Gasteiger partial charge in [-0.3, -0.25) is 19.5 Å². The van der Waals surface area contributed by atoms with Gasteiger partial charge in [-0.25, -0.2) is 0 Å². The van der Waals surface area contributed by atoms with E-state index in [9.17, 15) is 14.7 Å². The number of pyridine rings is 1. The van der Waals surface area contributed by atoms with Crippen molar-refractivity contribution in [1.82, 2.24) is 15.2 Å². The number of carbonyl (C=O) groups is 2. The van der Waals surface area contributed by atoms with Crippen molar-refractivity contribution in [1.29, 1.82) is 0 Å². The van der Waals surface area contributed by atoms with Crippen LogP contribution >= 0.6 is 23.1 Å². The number of aromatic nitrogens is 3. The topological polar surface area (TPSA) is 115 Å². The molecule has 2 aromatic carbocycles. The first-order valence-electron chi connectivity index (χ1n) is 11.9. The zero-order chi connectivity index (χ0) is 27.5. The van der Waals surface area contributed by atoms with Gasteiger partial charge in [-0.05, 0) is 42.3 Å². The molecule has 0 radical (unpaired) electrons. The van der Waals surface area contributed by atoms with Crippen LogP contribution in [-0.4, -0.2) is 46.2 Å². The quantitative estimate of drug-likeness (QED) is 0.102. The molecule has 1 N–H and O–H groups in total. The van der Waals surface area contributed by atoms with Crippen molar-refractivity contribution >= 4 is 45.7 Å². The SMILES string of the molecule is COc1ccc(C2C(=C(O)c3ccncc3)C(=O)C(=O)N2c2nnc(SCc3ccc(C)cc3)s2)cc1OC. The summed E-state index contributed by atoms with van der Waals surface area (Å²) in [4.78, 5) is 32.1. The molecule has 1 fully saturated rings. The smallest absolute Gasteiger partial charge is 0.301 e. The Morgan fingerprint density at radius 1 is 1.00 bits per heavy atom. The lowest BCUT2D eigenvalue weighted by atomic mass is 9.95. The highest BCUT2D eigenvalue weighted by Gasteiger charge is 2.48. The number of aliphatic hydroxyl groups excluding tert-OH is 1. The Hall–Kier alpha value is -4.22.